The van der Waals surface area contributed by atoms with E-state index in [1.165, 1.54) is 17.6 Å². The number of aryl methyl sites for hydroxylation is 1. The lowest BCUT2D eigenvalue weighted by molar-refractivity contribution is 0.271. The molecule has 3 rings (SSSR count). The fourth-order valence-corrected chi connectivity index (χ4v) is 2.89. The highest BCUT2D eigenvalue weighted by Crippen LogP contribution is 2.25. The van der Waals surface area contributed by atoms with E-state index in [2.05, 4.69) is 62.1 Å². The second-order valence-electron chi connectivity index (χ2n) is 5.71. The zero-order valence-corrected chi connectivity index (χ0v) is 13.7. The van der Waals surface area contributed by atoms with Crippen molar-refractivity contribution in [2.24, 2.45) is 0 Å². The number of piperazine rings is 1. The molecule has 3 N–H and O–H groups in total. The largest absolute Gasteiger partial charge is 0.369 e. The van der Waals surface area contributed by atoms with Crippen LogP contribution in [0.2, 0.25) is 0 Å². The van der Waals surface area contributed by atoms with E-state index in [1.54, 1.807) is 0 Å². The molecule has 2 aromatic rings. The average molecular weight is 313 g/mol. The van der Waals surface area contributed by atoms with Crippen LogP contribution in [0.4, 0.5) is 23.3 Å². The Balaban J connectivity index is 1.71. The molecule has 1 aromatic heterocycles. The molecule has 1 saturated heterocycles. The third kappa shape index (κ3) is 3.68. The monoisotopic (exact) mass is 313 g/mol. The molecular weight excluding hydrogens is 290 g/mol. The Morgan fingerprint density at radius 3 is 2.61 bits per heavy atom. The number of rotatable bonds is 4. The van der Waals surface area contributed by atoms with Gasteiger partial charge in [0.15, 0.2) is 0 Å². The molecule has 7 nitrogen and oxygen atoms in total. The summed E-state index contributed by atoms with van der Waals surface area (Å²) >= 11 is 0. The van der Waals surface area contributed by atoms with E-state index in [0.29, 0.717) is 5.95 Å². The van der Waals surface area contributed by atoms with Gasteiger partial charge in [-0.05, 0) is 37.2 Å². The fourth-order valence-electron chi connectivity index (χ4n) is 2.89. The summed E-state index contributed by atoms with van der Waals surface area (Å²) in [6.07, 6.45) is 1.40. The number of hydrogen-bond acceptors (Lipinski definition) is 7. The molecule has 23 heavy (non-hydrogen) atoms. The van der Waals surface area contributed by atoms with E-state index in [4.69, 9.17) is 5.73 Å². The van der Waals surface area contributed by atoms with Crippen molar-refractivity contribution < 1.29 is 0 Å². The molecule has 1 aliphatic heterocycles. The van der Waals surface area contributed by atoms with E-state index in [-0.39, 0.29) is 5.95 Å². The van der Waals surface area contributed by atoms with Gasteiger partial charge in [-0.25, -0.2) is 9.97 Å². The first-order valence-electron chi connectivity index (χ1n) is 7.95. The Hall–Kier alpha value is -2.41. The summed E-state index contributed by atoms with van der Waals surface area (Å²) < 4.78 is 0. The Labute approximate surface area is 136 Å². The molecule has 1 aromatic carbocycles. The van der Waals surface area contributed by atoms with Crippen molar-refractivity contribution in [3.8, 4) is 0 Å². The first kappa shape index (κ1) is 15.5. The lowest BCUT2D eigenvalue weighted by Gasteiger charge is -2.36. The maximum Gasteiger partial charge on any atom is 0.231 e. The molecule has 0 spiro atoms. The van der Waals surface area contributed by atoms with E-state index in [1.807, 2.05) is 0 Å². The van der Waals surface area contributed by atoms with E-state index in [0.717, 1.165) is 38.4 Å². The summed E-state index contributed by atoms with van der Waals surface area (Å²) in [7, 11) is 0. The second kappa shape index (κ2) is 6.78. The molecule has 2 heterocycles. The zero-order valence-electron chi connectivity index (χ0n) is 13.7. The van der Waals surface area contributed by atoms with Crippen molar-refractivity contribution in [3.63, 3.8) is 0 Å². The SMILES string of the molecule is CCN1CCN(c2ccc(Nc3ncnc(N)n3)cc2C)CC1. The van der Waals surface area contributed by atoms with Crippen LogP contribution in [-0.2, 0) is 0 Å². The number of nitrogens with two attached hydrogens (primary N) is 1. The van der Waals surface area contributed by atoms with Crippen LogP contribution in [-0.4, -0.2) is 52.6 Å². The van der Waals surface area contributed by atoms with Crippen LogP contribution in [0.5, 0.6) is 0 Å². The standard InChI is InChI=1S/C16H23N7/c1-3-22-6-8-23(9-7-22)14-5-4-13(10-12(14)2)20-16-19-11-18-15(17)21-16/h4-5,10-11H,3,6-9H2,1-2H3,(H3,17,18,19,20,21). The summed E-state index contributed by atoms with van der Waals surface area (Å²) in [4.78, 5) is 16.8. The predicted octanol–water partition coefficient (Wildman–Crippen LogP) is 1.65. The lowest BCUT2D eigenvalue weighted by Crippen LogP contribution is -2.46. The summed E-state index contributed by atoms with van der Waals surface area (Å²) in [5.74, 6) is 0.672. The minimum Gasteiger partial charge on any atom is -0.369 e. The number of aromatic nitrogens is 3. The first-order valence-corrected chi connectivity index (χ1v) is 7.95. The molecule has 0 unspecified atom stereocenters. The van der Waals surface area contributed by atoms with Crippen LogP contribution in [0.25, 0.3) is 0 Å². The van der Waals surface area contributed by atoms with Gasteiger partial charge in [0.2, 0.25) is 11.9 Å². The maximum atomic E-state index is 5.57. The van der Waals surface area contributed by atoms with Crippen LogP contribution < -0.4 is 16.0 Å². The lowest BCUT2D eigenvalue weighted by atomic mass is 10.1. The summed E-state index contributed by atoms with van der Waals surface area (Å²) in [5.41, 5.74) is 9.05. The summed E-state index contributed by atoms with van der Waals surface area (Å²) in [5, 5.41) is 3.16. The highest BCUT2D eigenvalue weighted by atomic mass is 15.3. The highest BCUT2D eigenvalue weighted by molar-refractivity contribution is 5.63. The van der Waals surface area contributed by atoms with Gasteiger partial charge in [-0.2, -0.15) is 4.98 Å². The molecule has 0 atom stereocenters. The van der Waals surface area contributed by atoms with Gasteiger partial charge >= 0.3 is 0 Å². The Morgan fingerprint density at radius 1 is 1.17 bits per heavy atom. The van der Waals surface area contributed by atoms with Gasteiger partial charge in [-0.3, -0.25) is 0 Å². The molecule has 0 amide bonds. The highest BCUT2D eigenvalue weighted by Gasteiger charge is 2.17. The van der Waals surface area contributed by atoms with Crippen LogP contribution >= 0.6 is 0 Å². The molecular formula is C16H23N7. The first-order chi connectivity index (χ1) is 11.2. The molecule has 122 valence electrons. The van der Waals surface area contributed by atoms with Gasteiger partial charge in [0.1, 0.15) is 6.33 Å². The molecule has 1 aliphatic rings. The summed E-state index contributed by atoms with van der Waals surface area (Å²) in [6, 6.07) is 6.32. The molecule has 0 radical (unpaired) electrons. The number of nitrogens with one attached hydrogen (secondary N) is 1. The van der Waals surface area contributed by atoms with E-state index in [9.17, 15) is 0 Å². The fraction of sp³-hybridized carbons (Fsp3) is 0.438. The van der Waals surface area contributed by atoms with Crippen molar-refractivity contribution in [1.29, 1.82) is 0 Å². The number of nitrogens with zero attached hydrogens (tertiary/aromatic N) is 5. The quantitative estimate of drug-likeness (QED) is 0.888. The van der Waals surface area contributed by atoms with Gasteiger partial charge in [0.05, 0.1) is 0 Å². The van der Waals surface area contributed by atoms with E-state index >= 15 is 0 Å². The van der Waals surface area contributed by atoms with Crippen LogP contribution in [0.3, 0.4) is 0 Å². The van der Waals surface area contributed by atoms with Crippen molar-refractivity contribution in [2.75, 3.05) is 48.7 Å². The minimum absolute atomic E-state index is 0.213. The summed E-state index contributed by atoms with van der Waals surface area (Å²) in [6.45, 7) is 9.88. The third-order valence-corrected chi connectivity index (χ3v) is 4.20. The van der Waals surface area contributed by atoms with Gasteiger partial charge < -0.3 is 20.9 Å². The molecule has 1 fully saturated rings. The smallest absolute Gasteiger partial charge is 0.231 e. The topological polar surface area (TPSA) is 83.2 Å². The molecule has 0 aliphatic carbocycles. The number of anilines is 4. The molecule has 0 saturated carbocycles. The van der Waals surface area contributed by atoms with Gasteiger partial charge in [-0.15, -0.1) is 0 Å². The number of likely N-dealkylation sites (N-methyl/N-ethyl adjacent to an activating group) is 1. The second-order valence-corrected chi connectivity index (χ2v) is 5.71. The third-order valence-electron chi connectivity index (χ3n) is 4.20. The number of hydrogen-bond donors (Lipinski definition) is 2. The van der Waals surface area contributed by atoms with Gasteiger partial charge in [-0.1, -0.05) is 6.92 Å². The normalized spacial score (nSPS) is 15.7. The maximum absolute atomic E-state index is 5.57. The Kier molecular flexibility index (Phi) is 4.57. The van der Waals surface area contributed by atoms with Crippen LogP contribution in [0, 0.1) is 6.92 Å². The Bertz CT molecular complexity index is 665. The predicted molar refractivity (Wildman–Crippen MR) is 93.0 cm³/mol. The van der Waals surface area contributed by atoms with Crippen LogP contribution in [0.15, 0.2) is 24.5 Å². The van der Waals surface area contributed by atoms with Crippen molar-refractivity contribution in [2.45, 2.75) is 13.8 Å². The molecule has 0 bridgehead atoms. The zero-order chi connectivity index (χ0) is 16.2. The number of nitrogen functional groups attached to an aromatic ring is 1. The average Bonchev–Trinajstić information content (AvgIpc) is 2.55. The van der Waals surface area contributed by atoms with Crippen LogP contribution in [0.1, 0.15) is 12.5 Å². The Morgan fingerprint density at radius 2 is 1.96 bits per heavy atom. The van der Waals surface area contributed by atoms with E-state index < -0.39 is 0 Å². The van der Waals surface area contributed by atoms with Crippen molar-refractivity contribution in [1.82, 2.24) is 19.9 Å². The number of benzene rings is 1. The van der Waals surface area contributed by atoms with Crippen molar-refractivity contribution in [3.05, 3.63) is 30.1 Å². The van der Waals surface area contributed by atoms with Gasteiger partial charge in [0, 0.05) is 37.6 Å². The van der Waals surface area contributed by atoms with Crippen molar-refractivity contribution >= 4 is 23.3 Å². The minimum atomic E-state index is 0.213. The molecule has 7 heteroatoms. The van der Waals surface area contributed by atoms with Gasteiger partial charge in [0.25, 0.3) is 0 Å².